The minimum atomic E-state index is -3.45. The number of aryl methyl sites for hydroxylation is 1. The molecule has 0 unspecified atom stereocenters. The molecule has 0 aromatic heterocycles. The van der Waals surface area contributed by atoms with Crippen molar-refractivity contribution in [3.8, 4) is 0 Å². The molecule has 122 valence electrons. The molecule has 0 bridgehead atoms. The van der Waals surface area contributed by atoms with Gasteiger partial charge >= 0.3 is 0 Å². The molecule has 0 atom stereocenters. The minimum Gasteiger partial charge on any atom is -0.369 e. The fourth-order valence-electron chi connectivity index (χ4n) is 2.74. The molecular weight excluding hydrogens is 376 g/mol. The molecule has 23 heavy (non-hydrogen) atoms. The van der Waals surface area contributed by atoms with Gasteiger partial charge in [0.2, 0.25) is 10.0 Å². The lowest BCUT2D eigenvalue weighted by Crippen LogP contribution is -2.48. The zero-order chi connectivity index (χ0) is 16.4. The molecule has 1 saturated heterocycles. The smallest absolute Gasteiger partial charge is 0.244 e. The zero-order valence-corrected chi connectivity index (χ0v) is 15.3. The number of piperazine rings is 1. The van der Waals surface area contributed by atoms with E-state index in [1.165, 1.54) is 5.56 Å². The van der Waals surface area contributed by atoms with Crippen LogP contribution in [-0.4, -0.2) is 38.9 Å². The van der Waals surface area contributed by atoms with E-state index in [-0.39, 0.29) is 0 Å². The molecule has 1 heterocycles. The molecular formula is C17H19BrN2O2S. The van der Waals surface area contributed by atoms with Crippen LogP contribution in [0.2, 0.25) is 0 Å². The van der Waals surface area contributed by atoms with Gasteiger partial charge in [0, 0.05) is 36.3 Å². The number of rotatable bonds is 3. The molecule has 0 N–H and O–H groups in total. The normalized spacial score (nSPS) is 16.5. The van der Waals surface area contributed by atoms with Crippen LogP contribution in [0.25, 0.3) is 0 Å². The lowest BCUT2D eigenvalue weighted by Gasteiger charge is -2.35. The molecule has 6 heteroatoms. The lowest BCUT2D eigenvalue weighted by molar-refractivity contribution is 0.384. The van der Waals surface area contributed by atoms with Gasteiger partial charge < -0.3 is 4.90 Å². The molecule has 0 aliphatic carbocycles. The Kier molecular flexibility index (Phi) is 4.75. The Morgan fingerprint density at radius 2 is 1.52 bits per heavy atom. The van der Waals surface area contributed by atoms with Gasteiger partial charge in [-0.1, -0.05) is 29.8 Å². The highest BCUT2D eigenvalue weighted by Crippen LogP contribution is 2.26. The molecule has 0 amide bonds. The van der Waals surface area contributed by atoms with Crippen molar-refractivity contribution in [2.24, 2.45) is 0 Å². The van der Waals surface area contributed by atoms with E-state index in [9.17, 15) is 8.42 Å². The largest absolute Gasteiger partial charge is 0.369 e. The van der Waals surface area contributed by atoms with Crippen LogP contribution in [0.15, 0.2) is 57.9 Å². The lowest BCUT2D eigenvalue weighted by atomic mass is 10.2. The minimum absolute atomic E-state index is 0.337. The number of hydrogen-bond donors (Lipinski definition) is 0. The number of nitrogens with zero attached hydrogens (tertiary/aromatic N) is 2. The van der Waals surface area contributed by atoms with Gasteiger partial charge in [-0.15, -0.1) is 0 Å². The third-order valence-corrected chi connectivity index (χ3v) is 7.00. The molecule has 0 saturated carbocycles. The van der Waals surface area contributed by atoms with E-state index in [4.69, 9.17) is 0 Å². The van der Waals surface area contributed by atoms with Crippen molar-refractivity contribution >= 4 is 31.6 Å². The second kappa shape index (κ2) is 6.63. The van der Waals surface area contributed by atoms with Crippen LogP contribution in [0.1, 0.15) is 5.56 Å². The number of sulfonamides is 1. The predicted molar refractivity (Wildman–Crippen MR) is 96.3 cm³/mol. The summed E-state index contributed by atoms with van der Waals surface area (Å²) in [6.07, 6.45) is 0. The Bertz CT molecular complexity index is 782. The van der Waals surface area contributed by atoms with Crippen LogP contribution < -0.4 is 4.90 Å². The van der Waals surface area contributed by atoms with E-state index in [2.05, 4.69) is 52.0 Å². The number of benzene rings is 2. The Morgan fingerprint density at radius 3 is 2.13 bits per heavy atom. The summed E-state index contributed by atoms with van der Waals surface area (Å²) in [7, 11) is -3.45. The van der Waals surface area contributed by atoms with Crippen LogP contribution >= 0.6 is 15.9 Å². The fraction of sp³-hybridized carbons (Fsp3) is 0.294. The number of anilines is 1. The Labute approximate surface area is 145 Å². The second-order valence-corrected chi connectivity index (χ2v) is 8.42. The van der Waals surface area contributed by atoms with Crippen molar-refractivity contribution in [3.63, 3.8) is 0 Å². The molecule has 4 nitrogen and oxygen atoms in total. The van der Waals surface area contributed by atoms with Crippen LogP contribution in [-0.2, 0) is 10.0 Å². The van der Waals surface area contributed by atoms with Gasteiger partial charge in [-0.05, 0) is 47.1 Å². The molecule has 0 radical (unpaired) electrons. The molecule has 2 aromatic rings. The fourth-order valence-corrected chi connectivity index (χ4v) is 5.12. The third-order valence-electron chi connectivity index (χ3n) is 4.09. The van der Waals surface area contributed by atoms with Crippen molar-refractivity contribution in [3.05, 3.63) is 58.6 Å². The summed E-state index contributed by atoms with van der Waals surface area (Å²) in [4.78, 5) is 2.56. The van der Waals surface area contributed by atoms with Crippen molar-refractivity contribution in [1.82, 2.24) is 4.31 Å². The molecule has 3 rings (SSSR count). The summed E-state index contributed by atoms with van der Waals surface area (Å²) >= 11 is 3.34. The SMILES string of the molecule is Cc1ccc(N2CCN(S(=O)(=O)c3ccccc3Br)CC2)cc1. The highest BCUT2D eigenvalue weighted by Gasteiger charge is 2.29. The second-order valence-electron chi connectivity index (χ2n) is 5.66. The molecule has 2 aromatic carbocycles. The standard InChI is InChI=1S/C17H19BrN2O2S/c1-14-6-8-15(9-7-14)19-10-12-20(13-11-19)23(21,22)17-5-3-2-4-16(17)18/h2-9H,10-13H2,1H3. The maximum absolute atomic E-state index is 12.8. The van der Waals surface area contributed by atoms with Crippen LogP contribution in [0.4, 0.5) is 5.69 Å². The van der Waals surface area contributed by atoms with Gasteiger partial charge in [0.15, 0.2) is 0 Å². The summed E-state index contributed by atoms with van der Waals surface area (Å²) in [6, 6.07) is 15.3. The summed E-state index contributed by atoms with van der Waals surface area (Å²) < 4.78 is 27.7. The summed E-state index contributed by atoms with van der Waals surface area (Å²) in [6.45, 7) is 4.46. The molecule has 1 fully saturated rings. The van der Waals surface area contributed by atoms with Crippen LogP contribution in [0.5, 0.6) is 0 Å². The highest BCUT2D eigenvalue weighted by molar-refractivity contribution is 9.10. The predicted octanol–water partition coefficient (Wildman–Crippen LogP) is 3.27. The topological polar surface area (TPSA) is 40.6 Å². The molecule has 0 spiro atoms. The maximum Gasteiger partial charge on any atom is 0.244 e. The van der Waals surface area contributed by atoms with E-state index in [0.29, 0.717) is 35.5 Å². The Morgan fingerprint density at radius 1 is 0.913 bits per heavy atom. The first-order chi connectivity index (χ1) is 11.0. The highest BCUT2D eigenvalue weighted by atomic mass is 79.9. The van der Waals surface area contributed by atoms with Gasteiger partial charge in [0.05, 0.1) is 4.90 Å². The molecule has 1 aliphatic rings. The first-order valence-corrected chi connectivity index (χ1v) is 9.78. The van der Waals surface area contributed by atoms with Gasteiger partial charge in [-0.3, -0.25) is 0 Å². The summed E-state index contributed by atoms with van der Waals surface area (Å²) in [5, 5.41) is 0. The summed E-state index contributed by atoms with van der Waals surface area (Å²) in [5.74, 6) is 0. The average molecular weight is 395 g/mol. The molecule has 1 aliphatic heterocycles. The summed E-state index contributed by atoms with van der Waals surface area (Å²) in [5.41, 5.74) is 2.37. The van der Waals surface area contributed by atoms with Gasteiger partial charge in [0.1, 0.15) is 0 Å². The number of hydrogen-bond acceptors (Lipinski definition) is 3. The maximum atomic E-state index is 12.8. The van der Waals surface area contributed by atoms with Crippen molar-refractivity contribution in [1.29, 1.82) is 0 Å². The Hall–Kier alpha value is -1.37. The van der Waals surface area contributed by atoms with Crippen LogP contribution in [0.3, 0.4) is 0 Å². The number of halogens is 1. The monoisotopic (exact) mass is 394 g/mol. The van der Waals surface area contributed by atoms with Crippen molar-refractivity contribution < 1.29 is 8.42 Å². The van der Waals surface area contributed by atoms with Crippen molar-refractivity contribution in [2.75, 3.05) is 31.1 Å². The first kappa shape index (κ1) is 16.5. The van der Waals surface area contributed by atoms with E-state index >= 15 is 0 Å². The van der Waals surface area contributed by atoms with Gasteiger partial charge in [-0.25, -0.2) is 8.42 Å². The van der Waals surface area contributed by atoms with E-state index in [1.807, 2.05) is 6.07 Å². The quantitative estimate of drug-likeness (QED) is 0.801. The Balaban J connectivity index is 1.74. The van der Waals surface area contributed by atoms with Gasteiger partial charge in [0.25, 0.3) is 0 Å². The first-order valence-electron chi connectivity index (χ1n) is 7.55. The van der Waals surface area contributed by atoms with E-state index in [0.717, 1.165) is 5.69 Å². The van der Waals surface area contributed by atoms with E-state index < -0.39 is 10.0 Å². The van der Waals surface area contributed by atoms with E-state index in [1.54, 1.807) is 22.5 Å². The van der Waals surface area contributed by atoms with Crippen LogP contribution in [0, 0.1) is 6.92 Å². The van der Waals surface area contributed by atoms with Gasteiger partial charge in [-0.2, -0.15) is 4.31 Å². The average Bonchev–Trinajstić information content (AvgIpc) is 2.56. The van der Waals surface area contributed by atoms with Crippen molar-refractivity contribution in [2.45, 2.75) is 11.8 Å². The third kappa shape index (κ3) is 3.44. The zero-order valence-electron chi connectivity index (χ0n) is 12.9.